The smallest absolute Gasteiger partial charge is 0.223 e. The summed E-state index contributed by atoms with van der Waals surface area (Å²) >= 11 is 0. The van der Waals surface area contributed by atoms with E-state index in [0.717, 1.165) is 23.0 Å². The number of amides is 1. The number of benzene rings is 1. The number of fused-ring (bicyclic) bond motifs is 1. The summed E-state index contributed by atoms with van der Waals surface area (Å²) in [6.07, 6.45) is 2.56. The highest BCUT2D eigenvalue weighted by Crippen LogP contribution is 2.27. The third-order valence-corrected chi connectivity index (χ3v) is 4.49. The highest BCUT2D eigenvalue weighted by Gasteiger charge is 2.29. The molecule has 0 unspecified atom stereocenters. The van der Waals surface area contributed by atoms with E-state index in [-0.39, 0.29) is 11.9 Å². The van der Waals surface area contributed by atoms with Gasteiger partial charge in [-0.05, 0) is 6.92 Å². The second-order valence-corrected chi connectivity index (χ2v) is 6.28. The molecule has 4 rings (SSSR count). The van der Waals surface area contributed by atoms with Crippen molar-refractivity contribution in [2.75, 3.05) is 6.54 Å². The lowest BCUT2D eigenvalue weighted by atomic mass is 10.1. The minimum atomic E-state index is 0.0961. The molecule has 0 saturated heterocycles. The van der Waals surface area contributed by atoms with Gasteiger partial charge in [0.05, 0.1) is 18.8 Å². The van der Waals surface area contributed by atoms with Crippen LogP contribution in [0, 0.1) is 0 Å². The number of rotatable bonds is 4. The van der Waals surface area contributed by atoms with Gasteiger partial charge >= 0.3 is 0 Å². The standard InChI is InChI=1S/C18H19N5O2/c1-13-11-22(17(24)8-7-15-9-10-19-25-15)12-16-20-21-18(23(13)16)14-5-3-2-4-6-14/h2-6,9-10,13H,7-8,11-12H2,1H3/t13-/m0/s1. The Morgan fingerprint density at radius 3 is 2.84 bits per heavy atom. The summed E-state index contributed by atoms with van der Waals surface area (Å²) in [7, 11) is 0. The average Bonchev–Trinajstić information content (AvgIpc) is 3.30. The molecule has 0 saturated carbocycles. The van der Waals surface area contributed by atoms with Crippen LogP contribution in [0.25, 0.3) is 11.4 Å². The van der Waals surface area contributed by atoms with Gasteiger partial charge in [0, 0.05) is 31.0 Å². The van der Waals surface area contributed by atoms with Gasteiger partial charge in [-0.3, -0.25) is 4.79 Å². The van der Waals surface area contributed by atoms with E-state index in [4.69, 9.17) is 4.52 Å². The zero-order chi connectivity index (χ0) is 17.2. The normalized spacial score (nSPS) is 16.7. The maximum atomic E-state index is 12.5. The molecule has 0 spiro atoms. The van der Waals surface area contributed by atoms with Gasteiger partial charge < -0.3 is 14.0 Å². The Bertz CT molecular complexity index is 857. The van der Waals surface area contributed by atoms with Crippen LogP contribution in [0.2, 0.25) is 0 Å². The number of carbonyl (C=O) groups excluding carboxylic acids is 1. The molecular weight excluding hydrogens is 318 g/mol. The lowest BCUT2D eigenvalue weighted by Crippen LogP contribution is -2.40. The first-order chi connectivity index (χ1) is 12.2. The van der Waals surface area contributed by atoms with E-state index in [0.29, 0.717) is 25.9 Å². The molecule has 1 amide bonds. The van der Waals surface area contributed by atoms with Crippen LogP contribution in [0.3, 0.4) is 0 Å². The predicted molar refractivity (Wildman–Crippen MR) is 90.4 cm³/mol. The third kappa shape index (κ3) is 3.05. The van der Waals surface area contributed by atoms with Gasteiger partial charge in [0.2, 0.25) is 5.91 Å². The van der Waals surface area contributed by atoms with Crippen molar-refractivity contribution in [1.82, 2.24) is 24.8 Å². The minimum absolute atomic E-state index is 0.0961. The summed E-state index contributed by atoms with van der Waals surface area (Å²) in [6.45, 7) is 3.23. The molecule has 3 aromatic rings. The van der Waals surface area contributed by atoms with Crippen molar-refractivity contribution in [2.45, 2.75) is 32.4 Å². The van der Waals surface area contributed by atoms with Crippen LogP contribution < -0.4 is 0 Å². The topological polar surface area (TPSA) is 77.1 Å². The fourth-order valence-corrected chi connectivity index (χ4v) is 3.26. The molecule has 3 heterocycles. The fraction of sp³-hybridized carbons (Fsp3) is 0.333. The highest BCUT2D eigenvalue weighted by molar-refractivity contribution is 5.76. The molecule has 25 heavy (non-hydrogen) atoms. The quantitative estimate of drug-likeness (QED) is 0.731. The molecule has 1 atom stereocenters. The zero-order valence-corrected chi connectivity index (χ0v) is 14.0. The van der Waals surface area contributed by atoms with Gasteiger partial charge in [-0.25, -0.2) is 0 Å². The number of aryl methyl sites for hydroxylation is 1. The van der Waals surface area contributed by atoms with Crippen molar-refractivity contribution in [3.8, 4) is 11.4 Å². The Hall–Kier alpha value is -2.96. The van der Waals surface area contributed by atoms with Crippen LogP contribution in [0.5, 0.6) is 0 Å². The van der Waals surface area contributed by atoms with Gasteiger partial charge in [-0.1, -0.05) is 35.5 Å². The fourth-order valence-electron chi connectivity index (χ4n) is 3.26. The summed E-state index contributed by atoms with van der Waals surface area (Å²) in [5.74, 6) is 2.51. The molecule has 1 aliphatic rings. The second kappa shape index (κ2) is 6.51. The summed E-state index contributed by atoms with van der Waals surface area (Å²) in [5.41, 5.74) is 1.04. The van der Waals surface area contributed by atoms with Crippen LogP contribution in [0.15, 0.2) is 47.1 Å². The van der Waals surface area contributed by atoms with E-state index in [2.05, 4.69) is 26.8 Å². The van der Waals surface area contributed by atoms with E-state index in [1.807, 2.05) is 35.2 Å². The first kappa shape index (κ1) is 15.6. The molecule has 2 aromatic heterocycles. The monoisotopic (exact) mass is 337 g/mol. The number of aromatic nitrogens is 4. The third-order valence-electron chi connectivity index (χ3n) is 4.49. The Morgan fingerprint density at radius 1 is 1.24 bits per heavy atom. The molecule has 128 valence electrons. The maximum absolute atomic E-state index is 12.5. The molecule has 1 aliphatic heterocycles. The lowest BCUT2D eigenvalue weighted by molar-refractivity contribution is -0.133. The highest BCUT2D eigenvalue weighted by atomic mass is 16.5. The number of nitrogens with zero attached hydrogens (tertiary/aromatic N) is 5. The van der Waals surface area contributed by atoms with Crippen LogP contribution in [0.1, 0.15) is 31.0 Å². The van der Waals surface area contributed by atoms with E-state index in [1.54, 1.807) is 12.3 Å². The number of hydrogen-bond donors (Lipinski definition) is 0. The number of hydrogen-bond acceptors (Lipinski definition) is 5. The van der Waals surface area contributed by atoms with Crippen molar-refractivity contribution in [1.29, 1.82) is 0 Å². The Morgan fingerprint density at radius 2 is 2.08 bits per heavy atom. The molecule has 0 aliphatic carbocycles. The van der Waals surface area contributed by atoms with Crippen molar-refractivity contribution in [3.63, 3.8) is 0 Å². The summed E-state index contributed by atoms with van der Waals surface area (Å²) in [5, 5.41) is 12.3. The van der Waals surface area contributed by atoms with Crippen molar-refractivity contribution in [2.24, 2.45) is 0 Å². The van der Waals surface area contributed by atoms with Crippen molar-refractivity contribution < 1.29 is 9.32 Å². The molecular formula is C18H19N5O2. The first-order valence-corrected chi connectivity index (χ1v) is 8.39. The van der Waals surface area contributed by atoms with Crippen LogP contribution in [-0.4, -0.2) is 37.3 Å². The van der Waals surface area contributed by atoms with Crippen LogP contribution in [0.4, 0.5) is 0 Å². The molecule has 0 N–H and O–H groups in total. The van der Waals surface area contributed by atoms with E-state index >= 15 is 0 Å². The number of carbonyl (C=O) groups is 1. The Balaban J connectivity index is 1.50. The van der Waals surface area contributed by atoms with Gasteiger partial charge in [0.15, 0.2) is 11.6 Å². The molecule has 0 fully saturated rings. The summed E-state index contributed by atoms with van der Waals surface area (Å²) in [4.78, 5) is 14.4. The second-order valence-electron chi connectivity index (χ2n) is 6.28. The van der Waals surface area contributed by atoms with Gasteiger partial charge in [0.1, 0.15) is 5.76 Å². The Kier molecular flexibility index (Phi) is 4.05. The first-order valence-electron chi connectivity index (χ1n) is 8.39. The molecule has 0 bridgehead atoms. The van der Waals surface area contributed by atoms with Gasteiger partial charge in [-0.15, -0.1) is 10.2 Å². The van der Waals surface area contributed by atoms with Crippen LogP contribution in [-0.2, 0) is 17.8 Å². The van der Waals surface area contributed by atoms with Crippen molar-refractivity contribution in [3.05, 3.63) is 54.2 Å². The van der Waals surface area contributed by atoms with Gasteiger partial charge in [0.25, 0.3) is 0 Å². The SMILES string of the molecule is C[C@H]1CN(C(=O)CCc2ccno2)Cc2nnc(-c3ccccc3)n21. The van der Waals surface area contributed by atoms with E-state index in [1.165, 1.54) is 0 Å². The largest absolute Gasteiger partial charge is 0.361 e. The molecule has 7 heteroatoms. The van der Waals surface area contributed by atoms with Crippen molar-refractivity contribution >= 4 is 5.91 Å². The summed E-state index contributed by atoms with van der Waals surface area (Å²) < 4.78 is 7.19. The summed E-state index contributed by atoms with van der Waals surface area (Å²) in [6, 6.07) is 11.9. The molecule has 0 radical (unpaired) electrons. The molecule has 7 nitrogen and oxygen atoms in total. The Labute approximate surface area is 145 Å². The van der Waals surface area contributed by atoms with E-state index in [9.17, 15) is 4.79 Å². The average molecular weight is 337 g/mol. The van der Waals surface area contributed by atoms with Gasteiger partial charge in [-0.2, -0.15) is 0 Å². The van der Waals surface area contributed by atoms with Crippen LogP contribution >= 0.6 is 0 Å². The maximum Gasteiger partial charge on any atom is 0.223 e. The van der Waals surface area contributed by atoms with E-state index < -0.39 is 0 Å². The lowest BCUT2D eigenvalue weighted by Gasteiger charge is -2.32. The minimum Gasteiger partial charge on any atom is -0.361 e. The predicted octanol–water partition coefficient (Wildman–Crippen LogP) is 2.47. The zero-order valence-electron chi connectivity index (χ0n) is 14.0. The molecule has 1 aromatic carbocycles.